The lowest BCUT2D eigenvalue weighted by Crippen LogP contribution is -2.35. The number of carbonyl (C=O) groups excluding carboxylic acids is 1. The average molecular weight is 375 g/mol. The van der Waals surface area contributed by atoms with E-state index in [9.17, 15) is 4.79 Å². The molecule has 1 aromatic heterocycles. The van der Waals surface area contributed by atoms with Gasteiger partial charge in [0.05, 0.1) is 19.2 Å². The van der Waals surface area contributed by atoms with Crippen molar-refractivity contribution in [1.29, 1.82) is 0 Å². The molecule has 1 aliphatic rings. The summed E-state index contributed by atoms with van der Waals surface area (Å²) in [6, 6.07) is 17.9. The van der Waals surface area contributed by atoms with Gasteiger partial charge in [-0.1, -0.05) is 42.5 Å². The van der Waals surface area contributed by atoms with Crippen LogP contribution in [0.25, 0.3) is 11.3 Å². The van der Waals surface area contributed by atoms with Gasteiger partial charge in [0.15, 0.2) is 0 Å². The van der Waals surface area contributed by atoms with E-state index >= 15 is 0 Å². The van der Waals surface area contributed by atoms with Crippen molar-refractivity contribution in [2.75, 3.05) is 20.2 Å². The predicted molar refractivity (Wildman–Crippen MR) is 110 cm³/mol. The maximum absolute atomic E-state index is 13.3. The third-order valence-corrected chi connectivity index (χ3v) is 5.18. The summed E-state index contributed by atoms with van der Waals surface area (Å²) in [6.07, 6.45) is 5.20. The van der Waals surface area contributed by atoms with Crippen LogP contribution in [0.5, 0.6) is 5.75 Å². The number of hydrogen-bond donors (Lipinski definition) is 0. The molecule has 1 aliphatic heterocycles. The highest BCUT2D eigenvalue weighted by Crippen LogP contribution is 2.32. The Hall–Kier alpha value is -3.08. The minimum absolute atomic E-state index is 0.0555. The molecule has 0 atom stereocenters. The van der Waals surface area contributed by atoms with Crippen LogP contribution in [-0.2, 0) is 6.54 Å². The van der Waals surface area contributed by atoms with Crippen molar-refractivity contribution in [2.45, 2.75) is 25.8 Å². The molecule has 0 saturated carbocycles. The van der Waals surface area contributed by atoms with Gasteiger partial charge >= 0.3 is 0 Å². The number of amides is 1. The first-order valence-electron chi connectivity index (χ1n) is 9.80. The first-order chi connectivity index (χ1) is 13.8. The number of rotatable bonds is 5. The first-order valence-corrected chi connectivity index (χ1v) is 9.80. The van der Waals surface area contributed by atoms with E-state index in [4.69, 9.17) is 9.84 Å². The van der Waals surface area contributed by atoms with Crippen LogP contribution in [-0.4, -0.2) is 40.8 Å². The molecule has 28 heavy (non-hydrogen) atoms. The quantitative estimate of drug-likeness (QED) is 0.670. The Bertz CT molecular complexity index is 943. The van der Waals surface area contributed by atoms with E-state index in [1.807, 2.05) is 58.2 Å². The third-order valence-electron chi connectivity index (χ3n) is 5.18. The lowest BCUT2D eigenvalue weighted by molar-refractivity contribution is 0.0725. The summed E-state index contributed by atoms with van der Waals surface area (Å²) in [7, 11) is 1.64. The number of likely N-dealkylation sites (tertiary alicyclic amines) is 1. The number of nitrogens with zero attached hydrogens (tertiary/aromatic N) is 3. The van der Waals surface area contributed by atoms with Crippen molar-refractivity contribution >= 4 is 5.91 Å². The second-order valence-corrected chi connectivity index (χ2v) is 7.13. The van der Waals surface area contributed by atoms with Gasteiger partial charge in [-0.15, -0.1) is 0 Å². The molecule has 3 aromatic rings. The number of benzene rings is 2. The fourth-order valence-electron chi connectivity index (χ4n) is 3.74. The van der Waals surface area contributed by atoms with Crippen LogP contribution in [0.4, 0.5) is 0 Å². The summed E-state index contributed by atoms with van der Waals surface area (Å²) in [6.45, 7) is 2.25. The molecule has 2 aromatic carbocycles. The normalized spacial score (nSPS) is 14.1. The molecule has 1 fully saturated rings. The number of hydrogen-bond acceptors (Lipinski definition) is 3. The number of ether oxygens (including phenoxy) is 1. The summed E-state index contributed by atoms with van der Waals surface area (Å²) in [5, 5.41) is 4.79. The maximum Gasteiger partial charge on any atom is 0.257 e. The maximum atomic E-state index is 13.3. The van der Waals surface area contributed by atoms with Crippen LogP contribution < -0.4 is 4.74 Å². The highest BCUT2D eigenvalue weighted by atomic mass is 16.5. The minimum atomic E-state index is 0.0555. The van der Waals surface area contributed by atoms with Crippen molar-refractivity contribution in [3.8, 4) is 17.0 Å². The van der Waals surface area contributed by atoms with E-state index in [-0.39, 0.29) is 5.91 Å². The molecule has 144 valence electrons. The lowest BCUT2D eigenvalue weighted by Gasteiger charge is -2.26. The molecule has 0 spiro atoms. The molecule has 0 bridgehead atoms. The van der Waals surface area contributed by atoms with E-state index in [0.29, 0.717) is 17.8 Å². The van der Waals surface area contributed by atoms with Crippen LogP contribution in [0, 0.1) is 0 Å². The number of aromatic nitrogens is 2. The molecular formula is C23H25N3O2. The molecule has 5 heteroatoms. The molecule has 1 saturated heterocycles. The van der Waals surface area contributed by atoms with Gasteiger partial charge in [-0.3, -0.25) is 9.48 Å². The number of carbonyl (C=O) groups is 1. The van der Waals surface area contributed by atoms with Crippen LogP contribution >= 0.6 is 0 Å². The Balaban J connectivity index is 1.74. The smallest absolute Gasteiger partial charge is 0.257 e. The van der Waals surface area contributed by atoms with Gasteiger partial charge < -0.3 is 9.64 Å². The zero-order valence-corrected chi connectivity index (χ0v) is 16.2. The topological polar surface area (TPSA) is 47.4 Å². The van der Waals surface area contributed by atoms with Crippen molar-refractivity contribution < 1.29 is 9.53 Å². The van der Waals surface area contributed by atoms with Gasteiger partial charge in [0, 0.05) is 24.8 Å². The largest absolute Gasteiger partial charge is 0.496 e. The van der Waals surface area contributed by atoms with Crippen molar-refractivity contribution in [3.63, 3.8) is 0 Å². The zero-order valence-electron chi connectivity index (χ0n) is 16.2. The van der Waals surface area contributed by atoms with Gasteiger partial charge in [-0.2, -0.15) is 5.10 Å². The molecule has 0 radical (unpaired) electrons. The van der Waals surface area contributed by atoms with Gasteiger partial charge in [-0.25, -0.2) is 0 Å². The highest BCUT2D eigenvalue weighted by molar-refractivity contribution is 6.00. The minimum Gasteiger partial charge on any atom is -0.496 e. The Morgan fingerprint density at radius 1 is 1.00 bits per heavy atom. The fourth-order valence-corrected chi connectivity index (χ4v) is 3.74. The summed E-state index contributed by atoms with van der Waals surface area (Å²) < 4.78 is 7.39. The number of piperidine rings is 1. The molecule has 4 rings (SSSR count). The van der Waals surface area contributed by atoms with Crippen molar-refractivity contribution in [3.05, 3.63) is 71.9 Å². The van der Waals surface area contributed by atoms with E-state index < -0.39 is 0 Å². The first kappa shape index (κ1) is 18.3. The average Bonchev–Trinajstić information content (AvgIpc) is 3.18. The third kappa shape index (κ3) is 3.79. The molecule has 0 N–H and O–H groups in total. The van der Waals surface area contributed by atoms with Gasteiger partial charge in [-0.05, 0) is 37.0 Å². The van der Waals surface area contributed by atoms with Crippen LogP contribution in [0.2, 0.25) is 0 Å². The SMILES string of the molecule is COc1ccccc1-c1nn(Cc2ccccc2)cc1C(=O)N1CCCCC1. The highest BCUT2D eigenvalue weighted by Gasteiger charge is 2.25. The Morgan fingerprint density at radius 2 is 1.71 bits per heavy atom. The molecular weight excluding hydrogens is 350 g/mol. The van der Waals surface area contributed by atoms with Gasteiger partial charge in [0.25, 0.3) is 5.91 Å². The summed E-state index contributed by atoms with van der Waals surface area (Å²) in [5.41, 5.74) is 3.32. The second kappa shape index (κ2) is 8.30. The number of para-hydroxylation sites is 1. The Labute approximate surface area is 165 Å². The zero-order chi connectivity index (χ0) is 19.3. The Morgan fingerprint density at radius 3 is 2.46 bits per heavy atom. The Kier molecular flexibility index (Phi) is 5.42. The van der Waals surface area contributed by atoms with Crippen molar-refractivity contribution in [1.82, 2.24) is 14.7 Å². The van der Waals surface area contributed by atoms with Crippen LogP contribution in [0.15, 0.2) is 60.8 Å². The monoisotopic (exact) mass is 375 g/mol. The summed E-state index contributed by atoms with van der Waals surface area (Å²) in [4.78, 5) is 15.2. The molecule has 0 aliphatic carbocycles. The molecule has 5 nitrogen and oxygen atoms in total. The number of methoxy groups -OCH3 is 1. The van der Waals surface area contributed by atoms with E-state index in [2.05, 4.69) is 12.1 Å². The van der Waals surface area contributed by atoms with Gasteiger partial charge in [0.2, 0.25) is 0 Å². The second-order valence-electron chi connectivity index (χ2n) is 7.13. The van der Waals surface area contributed by atoms with E-state index in [0.717, 1.165) is 42.8 Å². The van der Waals surface area contributed by atoms with Crippen LogP contribution in [0.3, 0.4) is 0 Å². The summed E-state index contributed by atoms with van der Waals surface area (Å²) >= 11 is 0. The van der Waals surface area contributed by atoms with Crippen LogP contribution in [0.1, 0.15) is 35.2 Å². The summed E-state index contributed by atoms with van der Waals surface area (Å²) in [5.74, 6) is 0.778. The fraction of sp³-hybridized carbons (Fsp3) is 0.304. The van der Waals surface area contributed by atoms with Crippen molar-refractivity contribution in [2.24, 2.45) is 0 Å². The standard InChI is InChI=1S/C23H25N3O2/c1-28-21-13-7-6-12-19(21)22-20(23(27)25-14-8-3-9-15-25)17-26(24-22)16-18-10-4-2-5-11-18/h2,4-7,10-13,17H,3,8-9,14-16H2,1H3. The van der Waals surface area contributed by atoms with Gasteiger partial charge in [0.1, 0.15) is 11.4 Å². The van der Waals surface area contributed by atoms with E-state index in [1.54, 1.807) is 7.11 Å². The molecule has 0 unspecified atom stereocenters. The molecule has 1 amide bonds. The lowest BCUT2D eigenvalue weighted by atomic mass is 10.0. The molecule has 2 heterocycles. The predicted octanol–water partition coefficient (Wildman–Crippen LogP) is 4.23. The van der Waals surface area contributed by atoms with E-state index in [1.165, 1.54) is 6.42 Å².